The van der Waals surface area contributed by atoms with Gasteiger partial charge in [-0.3, -0.25) is 9.69 Å². The maximum absolute atomic E-state index is 12.5. The van der Waals surface area contributed by atoms with Gasteiger partial charge in [-0.2, -0.15) is 0 Å². The number of ether oxygens (including phenoxy) is 1. The quantitative estimate of drug-likeness (QED) is 0.709. The van der Waals surface area contributed by atoms with Gasteiger partial charge in [-0.15, -0.1) is 0 Å². The normalized spacial score (nSPS) is 20.6. The van der Waals surface area contributed by atoms with Crippen LogP contribution in [0.25, 0.3) is 0 Å². The second kappa shape index (κ2) is 6.03. The van der Waals surface area contributed by atoms with Gasteiger partial charge in [0, 0.05) is 23.4 Å². The Morgan fingerprint density at radius 2 is 2.14 bits per heavy atom. The molecule has 118 valence electrons. The average molecular weight is 366 g/mol. The van der Waals surface area contributed by atoms with E-state index in [1.54, 1.807) is 4.90 Å². The van der Waals surface area contributed by atoms with Crippen LogP contribution in [0.3, 0.4) is 0 Å². The highest BCUT2D eigenvalue weighted by Gasteiger charge is 2.33. The molecular weight excluding hydrogens is 346 g/mol. The van der Waals surface area contributed by atoms with Gasteiger partial charge in [-0.05, 0) is 50.3 Å². The number of fused-ring (bicyclic) bond motifs is 3. The molecule has 0 spiro atoms. The summed E-state index contributed by atoms with van der Waals surface area (Å²) in [4.78, 5) is 26.9. The Labute approximate surface area is 138 Å². The minimum Gasteiger partial charge on any atom is -0.446 e. The van der Waals surface area contributed by atoms with E-state index < -0.39 is 0 Å². The van der Waals surface area contributed by atoms with Crippen molar-refractivity contribution >= 4 is 33.5 Å². The van der Waals surface area contributed by atoms with E-state index in [9.17, 15) is 9.59 Å². The summed E-state index contributed by atoms with van der Waals surface area (Å²) in [6.45, 7) is 4.21. The Morgan fingerprint density at radius 3 is 2.86 bits per heavy atom. The Kier molecular flexibility index (Phi) is 4.26. The van der Waals surface area contributed by atoms with Crippen LogP contribution in [-0.4, -0.2) is 29.4 Å². The van der Waals surface area contributed by atoms with Crippen LogP contribution in [-0.2, 0) is 17.6 Å². The highest BCUT2D eigenvalue weighted by atomic mass is 79.9. The van der Waals surface area contributed by atoms with E-state index in [0.717, 1.165) is 24.1 Å². The van der Waals surface area contributed by atoms with E-state index >= 15 is 0 Å². The van der Waals surface area contributed by atoms with Gasteiger partial charge in [0.1, 0.15) is 0 Å². The topological polar surface area (TPSA) is 46.6 Å². The molecule has 0 saturated carbocycles. The average Bonchev–Trinajstić information content (AvgIpc) is 2.73. The third-order valence-electron chi connectivity index (χ3n) is 4.16. The summed E-state index contributed by atoms with van der Waals surface area (Å²) in [5.74, 6) is 0.121. The molecule has 1 unspecified atom stereocenters. The molecule has 0 bridgehead atoms. The third kappa shape index (κ3) is 2.78. The number of ketones is 1. The first-order chi connectivity index (χ1) is 10.5. The summed E-state index contributed by atoms with van der Waals surface area (Å²) >= 11 is 3.66. The molecule has 1 aliphatic carbocycles. The lowest BCUT2D eigenvalue weighted by Crippen LogP contribution is -2.34. The lowest BCUT2D eigenvalue weighted by molar-refractivity contribution is 0.0983. The Bertz CT molecular complexity index is 627. The summed E-state index contributed by atoms with van der Waals surface area (Å²) < 4.78 is 5.39. The van der Waals surface area contributed by atoms with Crippen molar-refractivity contribution in [2.75, 3.05) is 11.4 Å². The number of halogens is 1. The summed E-state index contributed by atoms with van der Waals surface area (Å²) in [7, 11) is 0. The van der Waals surface area contributed by atoms with Crippen LogP contribution in [0.2, 0.25) is 0 Å². The molecule has 4 nitrogen and oxygen atoms in total. The predicted octanol–water partition coefficient (Wildman–Crippen LogP) is 3.88. The van der Waals surface area contributed by atoms with Crippen LogP contribution in [0.4, 0.5) is 10.5 Å². The molecule has 0 radical (unpaired) electrons. The molecule has 3 rings (SSSR count). The van der Waals surface area contributed by atoms with Crippen LogP contribution in [0.5, 0.6) is 0 Å². The number of alkyl halides is 1. The number of hydrogen-bond acceptors (Lipinski definition) is 3. The summed E-state index contributed by atoms with van der Waals surface area (Å²) in [5, 5.41) is 0. The van der Waals surface area contributed by atoms with Gasteiger partial charge in [0.25, 0.3) is 0 Å². The van der Waals surface area contributed by atoms with Gasteiger partial charge in [0.2, 0.25) is 0 Å². The Hall–Kier alpha value is -1.36. The zero-order chi connectivity index (χ0) is 15.9. The van der Waals surface area contributed by atoms with E-state index in [1.807, 2.05) is 26.0 Å². The molecule has 1 atom stereocenters. The van der Waals surface area contributed by atoms with Gasteiger partial charge in [0.05, 0.1) is 11.8 Å². The second-order valence-corrected chi connectivity index (χ2v) is 7.51. The molecule has 1 aliphatic heterocycles. The van der Waals surface area contributed by atoms with E-state index in [2.05, 4.69) is 15.9 Å². The van der Waals surface area contributed by atoms with Crippen molar-refractivity contribution in [3.05, 3.63) is 28.8 Å². The number of Topliss-reactive ketones (excluding diaryl/α,β-unsaturated/α-hetero) is 1. The molecule has 0 aromatic heterocycles. The molecule has 22 heavy (non-hydrogen) atoms. The van der Waals surface area contributed by atoms with Gasteiger partial charge in [-0.1, -0.05) is 22.0 Å². The highest BCUT2D eigenvalue weighted by Crippen LogP contribution is 2.39. The lowest BCUT2D eigenvalue weighted by Gasteiger charge is -2.25. The minimum absolute atomic E-state index is 0.121. The van der Waals surface area contributed by atoms with Crippen molar-refractivity contribution < 1.29 is 14.3 Å². The van der Waals surface area contributed by atoms with Crippen LogP contribution in [0.15, 0.2) is 12.1 Å². The van der Waals surface area contributed by atoms with Crippen LogP contribution >= 0.6 is 15.9 Å². The molecule has 0 fully saturated rings. The SMILES string of the molecule is CC(C)OC(=O)N1CCCC(=O)c2ccc3c(c21)CC(Br)C3. The van der Waals surface area contributed by atoms with E-state index in [-0.39, 0.29) is 18.0 Å². The lowest BCUT2D eigenvalue weighted by atomic mass is 9.99. The first-order valence-corrected chi connectivity index (χ1v) is 8.69. The number of amides is 1. The molecule has 5 heteroatoms. The van der Waals surface area contributed by atoms with Crippen molar-refractivity contribution in [3.8, 4) is 0 Å². The molecule has 0 saturated heterocycles. The maximum Gasteiger partial charge on any atom is 0.414 e. The van der Waals surface area contributed by atoms with E-state index in [4.69, 9.17) is 4.74 Å². The first kappa shape index (κ1) is 15.5. The van der Waals surface area contributed by atoms with Crippen molar-refractivity contribution in [1.82, 2.24) is 0 Å². The Morgan fingerprint density at radius 1 is 1.36 bits per heavy atom. The van der Waals surface area contributed by atoms with Gasteiger partial charge < -0.3 is 4.74 Å². The maximum atomic E-state index is 12.5. The minimum atomic E-state index is -0.350. The smallest absolute Gasteiger partial charge is 0.414 e. The highest BCUT2D eigenvalue weighted by molar-refractivity contribution is 9.09. The largest absolute Gasteiger partial charge is 0.446 e. The van der Waals surface area contributed by atoms with Crippen molar-refractivity contribution in [3.63, 3.8) is 0 Å². The van der Waals surface area contributed by atoms with Crippen molar-refractivity contribution in [2.45, 2.75) is 50.5 Å². The fraction of sp³-hybridized carbons (Fsp3) is 0.529. The van der Waals surface area contributed by atoms with Gasteiger partial charge in [-0.25, -0.2) is 4.79 Å². The molecule has 1 heterocycles. The molecule has 1 aromatic rings. The van der Waals surface area contributed by atoms with E-state index in [1.165, 1.54) is 5.56 Å². The number of carbonyl (C=O) groups is 2. The molecule has 0 N–H and O–H groups in total. The van der Waals surface area contributed by atoms with Crippen LogP contribution in [0.1, 0.15) is 48.2 Å². The second-order valence-electron chi connectivity index (χ2n) is 6.22. The summed E-state index contributed by atoms with van der Waals surface area (Å²) in [5.41, 5.74) is 3.79. The molecular formula is C17H20BrNO3. The standard InChI is InChI=1S/C17H20BrNO3/c1-10(2)22-17(21)19-7-3-4-15(20)13-6-5-11-8-12(18)9-14(11)16(13)19/h5-6,10,12H,3-4,7-9H2,1-2H3. The fourth-order valence-electron chi connectivity index (χ4n) is 3.25. The number of nitrogens with zero attached hydrogens (tertiary/aromatic N) is 1. The van der Waals surface area contributed by atoms with E-state index in [0.29, 0.717) is 29.8 Å². The Balaban J connectivity index is 2.09. The number of rotatable bonds is 1. The van der Waals surface area contributed by atoms with Crippen molar-refractivity contribution in [2.24, 2.45) is 0 Å². The summed E-state index contributed by atoms with van der Waals surface area (Å²) in [6, 6.07) is 3.91. The van der Waals surface area contributed by atoms with Gasteiger partial charge >= 0.3 is 6.09 Å². The zero-order valence-corrected chi connectivity index (χ0v) is 14.5. The fourth-order valence-corrected chi connectivity index (χ4v) is 3.93. The van der Waals surface area contributed by atoms with Crippen LogP contribution < -0.4 is 4.90 Å². The number of benzene rings is 1. The molecule has 2 aliphatic rings. The predicted molar refractivity (Wildman–Crippen MR) is 89.1 cm³/mol. The number of hydrogen-bond donors (Lipinski definition) is 0. The first-order valence-electron chi connectivity index (χ1n) is 7.77. The molecule has 1 amide bonds. The third-order valence-corrected chi connectivity index (χ3v) is 4.81. The number of carbonyl (C=O) groups excluding carboxylic acids is 2. The molecule has 1 aromatic carbocycles. The van der Waals surface area contributed by atoms with Crippen molar-refractivity contribution in [1.29, 1.82) is 0 Å². The summed E-state index contributed by atoms with van der Waals surface area (Å²) in [6.07, 6.45) is 2.41. The van der Waals surface area contributed by atoms with Gasteiger partial charge in [0.15, 0.2) is 5.78 Å². The van der Waals surface area contributed by atoms with Crippen LogP contribution in [0, 0.1) is 0 Å². The zero-order valence-electron chi connectivity index (χ0n) is 12.9. The number of anilines is 1. The monoisotopic (exact) mass is 365 g/mol.